The standard InChI is InChI=1S/C9H6ClO3Te/c1-4-2-6(9(13)14)7(10)3-5(4)8(11)12/h2-3H,1H3,(H,11,12). The van der Waals surface area contributed by atoms with E-state index < -0.39 is 5.97 Å². The Bertz CT molecular complexity index is 375. The molecule has 1 rings (SSSR count). The quantitative estimate of drug-likeness (QED) is 0.842. The minimum absolute atomic E-state index is 0.126. The molecule has 0 aromatic heterocycles. The molecular weight excluding hydrogens is 319 g/mol. The van der Waals surface area contributed by atoms with Crippen LogP contribution in [-0.4, -0.2) is 37.2 Å². The van der Waals surface area contributed by atoms with E-state index in [-0.39, 0.29) is 14.4 Å². The van der Waals surface area contributed by atoms with Gasteiger partial charge in [-0.05, 0) is 0 Å². The number of carbonyl (C=O) groups is 2. The molecule has 0 heterocycles. The molecule has 0 atom stereocenters. The van der Waals surface area contributed by atoms with E-state index in [1.54, 1.807) is 6.92 Å². The molecule has 5 heteroatoms. The van der Waals surface area contributed by atoms with Gasteiger partial charge < -0.3 is 0 Å². The first-order chi connectivity index (χ1) is 6.43. The van der Waals surface area contributed by atoms with E-state index in [2.05, 4.69) is 0 Å². The van der Waals surface area contributed by atoms with Crippen molar-refractivity contribution in [2.75, 3.05) is 0 Å². The average Bonchev–Trinajstić information content (AvgIpc) is 2.07. The van der Waals surface area contributed by atoms with Crippen LogP contribution in [0.4, 0.5) is 0 Å². The molecule has 1 aromatic carbocycles. The Hall–Kier alpha value is -0.560. The van der Waals surface area contributed by atoms with Gasteiger partial charge in [-0.3, -0.25) is 0 Å². The van der Waals surface area contributed by atoms with Crippen LogP contribution in [0.5, 0.6) is 0 Å². The van der Waals surface area contributed by atoms with Crippen LogP contribution < -0.4 is 0 Å². The van der Waals surface area contributed by atoms with E-state index >= 15 is 0 Å². The van der Waals surface area contributed by atoms with Gasteiger partial charge in [0.15, 0.2) is 0 Å². The van der Waals surface area contributed by atoms with Crippen molar-refractivity contribution in [2.24, 2.45) is 0 Å². The molecule has 0 aliphatic carbocycles. The van der Waals surface area contributed by atoms with Gasteiger partial charge in [0.1, 0.15) is 0 Å². The van der Waals surface area contributed by atoms with Crippen molar-refractivity contribution >= 4 is 43.7 Å². The van der Waals surface area contributed by atoms with Crippen LogP contribution in [0.2, 0.25) is 5.02 Å². The van der Waals surface area contributed by atoms with Crippen molar-refractivity contribution in [1.29, 1.82) is 0 Å². The fourth-order valence-corrected chi connectivity index (χ4v) is 1.98. The second-order valence-electron chi connectivity index (χ2n) is 2.74. The number of carbonyl (C=O) groups excluding carboxylic acids is 1. The fourth-order valence-electron chi connectivity index (χ4n) is 1.07. The normalized spacial score (nSPS) is 9.86. The van der Waals surface area contributed by atoms with Gasteiger partial charge in [-0.15, -0.1) is 0 Å². The molecule has 0 bridgehead atoms. The summed E-state index contributed by atoms with van der Waals surface area (Å²) in [5, 5.41) is 8.96. The van der Waals surface area contributed by atoms with Crippen LogP contribution >= 0.6 is 11.6 Å². The predicted octanol–water partition coefficient (Wildman–Crippen LogP) is 1.66. The van der Waals surface area contributed by atoms with Gasteiger partial charge in [0, 0.05) is 0 Å². The molecule has 0 amide bonds. The van der Waals surface area contributed by atoms with Gasteiger partial charge in [0.2, 0.25) is 0 Å². The average molecular weight is 325 g/mol. The van der Waals surface area contributed by atoms with Crippen LogP contribution in [0, 0.1) is 6.92 Å². The molecule has 0 spiro atoms. The number of hydrogen-bond acceptors (Lipinski definition) is 2. The molecule has 0 aliphatic rings. The van der Waals surface area contributed by atoms with Gasteiger partial charge in [0.25, 0.3) is 0 Å². The Balaban J connectivity index is 3.38. The topological polar surface area (TPSA) is 54.4 Å². The molecule has 73 valence electrons. The first-order valence-corrected chi connectivity index (χ1v) is 5.22. The summed E-state index contributed by atoms with van der Waals surface area (Å²) in [6, 6.07) is 2.80. The first-order valence-electron chi connectivity index (χ1n) is 3.68. The summed E-state index contributed by atoms with van der Waals surface area (Å²) in [5.41, 5.74) is 1.02. The predicted molar refractivity (Wildman–Crippen MR) is 53.2 cm³/mol. The molecule has 1 aromatic rings. The molecule has 14 heavy (non-hydrogen) atoms. The number of benzene rings is 1. The molecular formula is C9H6ClO3Te. The van der Waals surface area contributed by atoms with Gasteiger partial charge >= 0.3 is 99.2 Å². The third kappa shape index (κ3) is 2.27. The van der Waals surface area contributed by atoms with E-state index in [9.17, 15) is 9.59 Å². The van der Waals surface area contributed by atoms with E-state index in [4.69, 9.17) is 16.7 Å². The fraction of sp³-hybridized carbons (Fsp3) is 0.111. The molecule has 0 saturated carbocycles. The van der Waals surface area contributed by atoms with Crippen molar-refractivity contribution < 1.29 is 14.7 Å². The molecule has 3 nitrogen and oxygen atoms in total. The number of aromatic carboxylic acids is 1. The summed E-state index contributed by atoms with van der Waals surface area (Å²) in [6.45, 7) is 1.63. The zero-order valence-electron chi connectivity index (χ0n) is 7.20. The summed E-state index contributed by atoms with van der Waals surface area (Å²) >= 11 is 7.07. The van der Waals surface area contributed by atoms with Crippen molar-refractivity contribution in [1.82, 2.24) is 0 Å². The van der Waals surface area contributed by atoms with Crippen LogP contribution in [-0.2, 0) is 0 Å². The number of carboxylic acids is 1. The van der Waals surface area contributed by atoms with Crippen molar-refractivity contribution in [3.05, 3.63) is 33.8 Å². The van der Waals surface area contributed by atoms with E-state index in [1.165, 1.54) is 34.4 Å². The zero-order valence-corrected chi connectivity index (χ0v) is 10.3. The molecule has 1 radical (unpaired) electrons. The summed E-state index contributed by atoms with van der Waals surface area (Å²) < 4.78 is -0.161. The number of carboxylic acid groups (broad SMARTS) is 1. The number of halogens is 1. The third-order valence-electron chi connectivity index (χ3n) is 1.76. The monoisotopic (exact) mass is 327 g/mol. The van der Waals surface area contributed by atoms with Crippen LogP contribution in [0.3, 0.4) is 0 Å². The Morgan fingerprint density at radius 1 is 1.36 bits per heavy atom. The Morgan fingerprint density at radius 2 is 1.93 bits per heavy atom. The van der Waals surface area contributed by atoms with E-state index in [0.29, 0.717) is 11.1 Å². The third-order valence-corrected chi connectivity index (χ3v) is 2.70. The van der Waals surface area contributed by atoms with Gasteiger partial charge in [-0.1, -0.05) is 0 Å². The summed E-state index contributed by atoms with van der Waals surface area (Å²) in [7, 11) is 0. The second-order valence-corrected chi connectivity index (χ2v) is 4.21. The second kappa shape index (κ2) is 4.31. The summed E-state index contributed by atoms with van der Waals surface area (Å²) in [5.74, 6) is -1.04. The maximum absolute atomic E-state index is 11.1. The van der Waals surface area contributed by atoms with Gasteiger partial charge in [-0.2, -0.15) is 0 Å². The number of aryl methyl sites for hydroxylation is 1. The summed E-state index contributed by atoms with van der Waals surface area (Å²) in [4.78, 5) is 21.8. The van der Waals surface area contributed by atoms with Crippen LogP contribution in [0.15, 0.2) is 12.1 Å². The summed E-state index contributed by atoms with van der Waals surface area (Å²) in [6.07, 6.45) is 0. The molecule has 0 aliphatic heterocycles. The van der Waals surface area contributed by atoms with E-state index in [1.807, 2.05) is 0 Å². The molecule has 0 fully saturated rings. The van der Waals surface area contributed by atoms with Crippen LogP contribution in [0.1, 0.15) is 26.3 Å². The van der Waals surface area contributed by atoms with Crippen molar-refractivity contribution in [3.63, 3.8) is 0 Å². The molecule has 0 saturated heterocycles. The molecule has 0 unspecified atom stereocenters. The Kier molecular flexibility index (Phi) is 3.54. The van der Waals surface area contributed by atoms with Gasteiger partial charge in [0.05, 0.1) is 0 Å². The molecule has 1 N–H and O–H groups in total. The van der Waals surface area contributed by atoms with E-state index in [0.717, 1.165) is 0 Å². The number of rotatable bonds is 2. The minimum atomic E-state index is -1.04. The van der Waals surface area contributed by atoms with Crippen molar-refractivity contribution in [3.8, 4) is 0 Å². The maximum atomic E-state index is 11.1. The zero-order chi connectivity index (χ0) is 10.9. The van der Waals surface area contributed by atoms with Gasteiger partial charge in [-0.25, -0.2) is 0 Å². The SMILES string of the molecule is Cc1cc(C(=O)[Te])c(Cl)cc1C(=O)O. The number of hydrogen-bond donors (Lipinski definition) is 1. The Morgan fingerprint density at radius 3 is 2.36 bits per heavy atom. The van der Waals surface area contributed by atoms with Crippen molar-refractivity contribution in [2.45, 2.75) is 6.92 Å². The first kappa shape index (κ1) is 11.5. The Labute approximate surface area is 99.0 Å². The van der Waals surface area contributed by atoms with Crippen LogP contribution in [0.25, 0.3) is 0 Å².